The maximum absolute atomic E-state index is 11.8. The van der Waals surface area contributed by atoms with Gasteiger partial charge in [0.2, 0.25) is 0 Å². The van der Waals surface area contributed by atoms with Crippen molar-refractivity contribution >= 4 is 23.1 Å². The number of allylic oxidation sites excluding steroid dienone is 1. The summed E-state index contributed by atoms with van der Waals surface area (Å²) < 4.78 is 4.84. The lowest BCUT2D eigenvalue weighted by molar-refractivity contribution is -0.136. The maximum atomic E-state index is 11.8. The molecule has 18 heavy (non-hydrogen) atoms. The lowest BCUT2D eigenvalue weighted by Crippen LogP contribution is -2.08. The second-order valence-corrected chi connectivity index (χ2v) is 3.64. The first-order chi connectivity index (χ1) is 8.63. The zero-order chi connectivity index (χ0) is 13.5. The molecule has 0 spiro atoms. The van der Waals surface area contributed by atoms with Crippen LogP contribution in [0, 0.1) is 22.7 Å². The van der Waals surface area contributed by atoms with Gasteiger partial charge in [-0.3, -0.25) is 0 Å². The van der Waals surface area contributed by atoms with Crippen LogP contribution in [0.25, 0.3) is 5.57 Å². The Morgan fingerprint density at radius 2 is 1.83 bits per heavy atom. The van der Waals surface area contributed by atoms with Crippen molar-refractivity contribution in [2.24, 2.45) is 0 Å². The molecule has 1 aromatic carbocycles. The number of halogens is 1. The molecule has 0 saturated heterocycles. The van der Waals surface area contributed by atoms with E-state index in [1.165, 1.54) is 0 Å². The first-order valence-electron chi connectivity index (χ1n) is 5.11. The van der Waals surface area contributed by atoms with Crippen molar-refractivity contribution in [1.29, 1.82) is 10.5 Å². The second kappa shape index (κ2) is 6.44. The third-order valence-corrected chi connectivity index (χ3v) is 2.34. The van der Waals surface area contributed by atoms with E-state index in [9.17, 15) is 4.79 Å². The summed E-state index contributed by atoms with van der Waals surface area (Å²) in [7, 11) is 0. The van der Waals surface area contributed by atoms with Gasteiger partial charge in [0.15, 0.2) is 0 Å². The number of nitrogens with zero attached hydrogens (tertiary/aromatic N) is 2. The molecule has 1 aromatic rings. The van der Waals surface area contributed by atoms with Crippen molar-refractivity contribution in [3.8, 4) is 12.1 Å². The van der Waals surface area contributed by atoms with Crippen LogP contribution in [0.5, 0.6) is 0 Å². The summed E-state index contributed by atoms with van der Waals surface area (Å²) in [6, 6.07) is 9.64. The van der Waals surface area contributed by atoms with E-state index in [1.54, 1.807) is 43.3 Å². The monoisotopic (exact) mass is 260 g/mol. The van der Waals surface area contributed by atoms with E-state index < -0.39 is 5.97 Å². The third kappa shape index (κ3) is 3.10. The maximum Gasteiger partial charge on any atom is 0.340 e. The summed E-state index contributed by atoms with van der Waals surface area (Å²) in [5.74, 6) is -0.696. The van der Waals surface area contributed by atoms with Gasteiger partial charge in [0.1, 0.15) is 17.7 Å². The molecule has 90 valence electrons. The van der Waals surface area contributed by atoms with Gasteiger partial charge in [0.05, 0.1) is 12.2 Å². The van der Waals surface area contributed by atoms with E-state index in [2.05, 4.69) is 0 Å². The smallest absolute Gasteiger partial charge is 0.340 e. The second-order valence-electron chi connectivity index (χ2n) is 3.20. The fourth-order valence-electron chi connectivity index (χ4n) is 1.32. The highest BCUT2D eigenvalue weighted by molar-refractivity contribution is 6.30. The van der Waals surface area contributed by atoms with Crippen LogP contribution in [0.3, 0.4) is 0 Å². The minimum atomic E-state index is -0.696. The topological polar surface area (TPSA) is 73.9 Å². The highest BCUT2D eigenvalue weighted by atomic mass is 35.5. The predicted octanol–water partition coefficient (Wildman–Crippen LogP) is 2.70. The Bertz CT molecular complexity index is 546. The Balaban J connectivity index is 3.36. The predicted molar refractivity (Wildman–Crippen MR) is 66.2 cm³/mol. The first-order valence-corrected chi connectivity index (χ1v) is 5.49. The Morgan fingerprint density at radius 3 is 2.28 bits per heavy atom. The zero-order valence-corrected chi connectivity index (χ0v) is 10.4. The molecule has 0 atom stereocenters. The van der Waals surface area contributed by atoms with Crippen LogP contribution in [0.15, 0.2) is 29.8 Å². The lowest BCUT2D eigenvalue weighted by atomic mass is 10.0. The molecule has 0 aliphatic rings. The molecule has 0 aliphatic carbocycles. The molecule has 0 N–H and O–H groups in total. The summed E-state index contributed by atoms with van der Waals surface area (Å²) >= 11 is 5.74. The molecule has 0 unspecified atom stereocenters. The molecule has 0 bridgehead atoms. The van der Waals surface area contributed by atoms with Gasteiger partial charge >= 0.3 is 5.97 Å². The van der Waals surface area contributed by atoms with E-state index in [0.29, 0.717) is 10.6 Å². The molecule has 1 rings (SSSR count). The summed E-state index contributed by atoms with van der Waals surface area (Å²) in [6.45, 7) is 1.82. The summed E-state index contributed by atoms with van der Waals surface area (Å²) in [6.07, 6.45) is 0. The number of carbonyl (C=O) groups excluding carboxylic acids is 1. The highest BCUT2D eigenvalue weighted by Gasteiger charge is 2.19. The minimum Gasteiger partial charge on any atom is -0.462 e. The van der Waals surface area contributed by atoms with Crippen molar-refractivity contribution in [2.75, 3.05) is 6.61 Å². The summed E-state index contributed by atoms with van der Waals surface area (Å²) in [4.78, 5) is 11.8. The van der Waals surface area contributed by atoms with Crippen LogP contribution in [0.2, 0.25) is 5.02 Å². The number of hydrogen-bond acceptors (Lipinski definition) is 4. The van der Waals surface area contributed by atoms with Gasteiger partial charge < -0.3 is 4.74 Å². The zero-order valence-electron chi connectivity index (χ0n) is 9.61. The minimum absolute atomic E-state index is 0.0430. The normalized spacial score (nSPS) is 8.89. The van der Waals surface area contributed by atoms with E-state index in [4.69, 9.17) is 26.9 Å². The molecular weight excluding hydrogens is 252 g/mol. The van der Waals surface area contributed by atoms with Crippen LogP contribution >= 0.6 is 11.6 Å². The van der Waals surface area contributed by atoms with Crippen LogP contribution in [0.4, 0.5) is 0 Å². The average Bonchev–Trinajstić information content (AvgIpc) is 2.37. The Morgan fingerprint density at radius 1 is 1.28 bits per heavy atom. The van der Waals surface area contributed by atoms with Crippen molar-refractivity contribution in [3.05, 3.63) is 40.4 Å². The van der Waals surface area contributed by atoms with Gasteiger partial charge in [-0.2, -0.15) is 10.5 Å². The van der Waals surface area contributed by atoms with Gasteiger partial charge in [-0.25, -0.2) is 4.79 Å². The van der Waals surface area contributed by atoms with Crippen molar-refractivity contribution in [1.82, 2.24) is 0 Å². The van der Waals surface area contributed by atoms with Gasteiger partial charge in [-0.05, 0) is 24.6 Å². The third-order valence-electron chi connectivity index (χ3n) is 2.09. The number of esters is 1. The van der Waals surface area contributed by atoms with Crippen LogP contribution < -0.4 is 0 Å². The Hall–Kier alpha value is -2.30. The van der Waals surface area contributed by atoms with Gasteiger partial charge in [-0.15, -0.1) is 0 Å². The number of carbonyl (C=O) groups is 1. The van der Waals surface area contributed by atoms with Crippen molar-refractivity contribution in [3.63, 3.8) is 0 Å². The molecule has 0 fully saturated rings. The molecule has 5 heteroatoms. The van der Waals surface area contributed by atoms with E-state index in [0.717, 1.165) is 0 Å². The molecule has 0 aliphatic heterocycles. The number of rotatable bonds is 3. The number of benzene rings is 1. The molecule has 0 amide bonds. The molecule has 0 radical (unpaired) electrons. The van der Waals surface area contributed by atoms with Gasteiger partial charge in [-0.1, -0.05) is 23.7 Å². The lowest BCUT2D eigenvalue weighted by Gasteiger charge is -2.07. The molecule has 0 aromatic heterocycles. The Labute approximate surface area is 110 Å². The number of ether oxygens (including phenoxy) is 1. The fraction of sp³-hybridized carbons (Fsp3) is 0.154. The summed E-state index contributed by atoms with van der Waals surface area (Å²) in [5, 5.41) is 18.2. The molecule has 4 nitrogen and oxygen atoms in total. The van der Waals surface area contributed by atoms with Gasteiger partial charge in [0.25, 0.3) is 0 Å². The average molecular weight is 261 g/mol. The fourth-order valence-corrected chi connectivity index (χ4v) is 1.45. The quantitative estimate of drug-likeness (QED) is 0.476. The first kappa shape index (κ1) is 13.8. The largest absolute Gasteiger partial charge is 0.462 e. The van der Waals surface area contributed by atoms with Crippen molar-refractivity contribution < 1.29 is 9.53 Å². The molecule has 0 heterocycles. The van der Waals surface area contributed by atoms with Gasteiger partial charge in [0, 0.05) is 5.02 Å². The summed E-state index contributed by atoms with van der Waals surface area (Å²) in [5.41, 5.74) is 0.102. The number of nitriles is 2. The molecule has 0 saturated carbocycles. The van der Waals surface area contributed by atoms with E-state index >= 15 is 0 Å². The van der Waals surface area contributed by atoms with Crippen LogP contribution in [-0.4, -0.2) is 12.6 Å². The molecular formula is C13H9ClN2O2. The van der Waals surface area contributed by atoms with Crippen LogP contribution in [-0.2, 0) is 9.53 Å². The van der Waals surface area contributed by atoms with E-state index in [-0.39, 0.29) is 17.8 Å². The standard InChI is InChI=1S/C13H9ClN2O2/c1-2-18-13(17)12(10(7-15)8-16)9-3-5-11(14)6-4-9/h3-6H,2H2,1H3. The van der Waals surface area contributed by atoms with Crippen LogP contribution in [0.1, 0.15) is 12.5 Å². The van der Waals surface area contributed by atoms with E-state index in [1.807, 2.05) is 0 Å². The SMILES string of the molecule is CCOC(=O)C(=C(C#N)C#N)c1ccc(Cl)cc1. The van der Waals surface area contributed by atoms with Crippen molar-refractivity contribution in [2.45, 2.75) is 6.92 Å². The highest BCUT2D eigenvalue weighted by Crippen LogP contribution is 2.22. The number of hydrogen-bond donors (Lipinski definition) is 0. The Kier molecular flexibility index (Phi) is 4.92.